The van der Waals surface area contributed by atoms with Crippen molar-refractivity contribution in [2.45, 2.75) is 0 Å². The highest BCUT2D eigenvalue weighted by atomic mass is 35.5. The molecule has 0 saturated carbocycles. The fourth-order valence-corrected chi connectivity index (χ4v) is 1.84. The molecule has 0 aliphatic heterocycles. The molecule has 1 rings (SSSR count). The highest BCUT2D eigenvalue weighted by Crippen LogP contribution is 2.38. The average molecular weight is 304 g/mol. The van der Waals surface area contributed by atoms with Gasteiger partial charge >= 0.3 is 5.97 Å². The van der Waals surface area contributed by atoms with Gasteiger partial charge in [-0.3, -0.25) is 0 Å². The van der Waals surface area contributed by atoms with Crippen molar-refractivity contribution in [3.05, 3.63) is 37.5 Å². The number of carboxylic acids is 1. The van der Waals surface area contributed by atoms with Gasteiger partial charge in [-0.15, -0.1) is 0 Å². The second kappa shape index (κ2) is 5.23. The van der Waals surface area contributed by atoms with Gasteiger partial charge in [-0.1, -0.05) is 46.4 Å². The van der Waals surface area contributed by atoms with Gasteiger partial charge in [0, 0.05) is 5.56 Å². The minimum absolute atomic E-state index is 0.0560. The summed E-state index contributed by atoms with van der Waals surface area (Å²) in [6, 6.07) is 1.28. The topological polar surface area (TPSA) is 37.3 Å². The van der Waals surface area contributed by atoms with E-state index in [1.165, 1.54) is 6.07 Å². The van der Waals surface area contributed by atoms with Crippen LogP contribution in [-0.4, -0.2) is 11.1 Å². The normalized spacial score (nSPS) is 11.7. The van der Waals surface area contributed by atoms with Gasteiger partial charge in [-0.2, -0.15) is 4.39 Å². The summed E-state index contributed by atoms with van der Waals surface area (Å²) < 4.78 is 12.9. The number of hydrogen-bond acceptors (Lipinski definition) is 1. The maximum Gasteiger partial charge on any atom is 0.364 e. The van der Waals surface area contributed by atoms with E-state index in [2.05, 4.69) is 0 Å². The zero-order chi connectivity index (χ0) is 12.5. The van der Waals surface area contributed by atoms with Gasteiger partial charge in [-0.05, 0) is 12.1 Å². The van der Waals surface area contributed by atoms with Crippen molar-refractivity contribution in [3.63, 3.8) is 0 Å². The summed E-state index contributed by atoms with van der Waals surface area (Å²) >= 11 is 22.8. The van der Waals surface area contributed by atoms with Gasteiger partial charge in [-0.25, -0.2) is 4.79 Å². The average Bonchev–Trinajstić information content (AvgIpc) is 2.21. The minimum atomic E-state index is -1.73. The first-order chi connectivity index (χ1) is 7.34. The van der Waals surface area contributed by atoms with Crippen LogP contribution in [0.1, 0.15) is 5.56 Å². The van der Waals surface area contributed by atoms with Gasteiger partial charge in [0.05, 0.1) is 20.1 Å². The Kier molecular flexibility index (Phi) is 4.44. The van der Waals surface area contributed by atoms with Crippen molar-refractivity contribution >= 4 is 58.4 Å². The summed E-state index contributed by atoms with van der Waals surface area (Å²) in [4.78, 5) is 10.3. The quantitative estimate of drug-likeness (QED) is 0.635. The summed E-state index contributed by atoms with van der Waals surface area (Å²) in [7, 11) is 0. The summed E-state index contributed by atoms with van der Waals surface area (Å²) in [6.45, 7) is 0. The zero-order valence-corrected chi connectivity index (χ0v) is 10.4. The smallest absolute Gasteiger partial charge is 0.364 e. The Hall–Kier alpha value is -0.480. The van der Waals surface area contributed by atoms with E-state index in [-0.39, 0.29) is 25.7 Å². The predicted octanol–water partition coefficient (Wildman–Crippen LogP) is 4.70. The zero-order valence-electron chi connectivity index (χ0n) is 7.40. The number of hydrogen-bond donors (Lipinski definition) is 1. The Labute approximate surface area is 110 Å². The van der Waals surface area contributed by atoms with E-state index in [1.807, 2.05) is 0 Å². The largest absolute Gasteiger partial charge is 0.476 e. The Balaban J connectivity index is 3.44. The van der Waals surface area contributed by atoms with Crippen LogP contribution >= 0.6 is 46.4 Å². The van der Waals surface area contributed by atoms with E-state index in [9.17, 15) is 9.18 Å². The Bertz CT molecular complexity index is 459. The monoisotopic (exact) mass is 302 g/mol. The molecule has 1 N–H and O–H groups in total. The Morgan fingerprint density at radius 2 is 1.62 bits per heavy atom. The molecule has 0 heterocycles. The highest BCUT2D eigenvalue weighted by Gasteiger charge is 2.15. The van der Waals surface area contributed by atoms with Gasteiger partial charge in [0.25, 0.3) is 0 Å². The van der Waals surface area contributed by atoms with Crippen molar-refractivity contribution in [1.29, 1.82) is 0 Å². The van der Waals surface area contributed by atoms with Crippen LogP contribution in [0.3, 0.4) is 0 Å². The first kappa shape index (κ1) is 13.6. The molecular weight excluding hydrogens is 301 g/mol. The maximum absolute atomic E-state index is 12.9. The van der Waals surface area contributed by atoms with E-state index >= 15 is 0 Å². The molecule has 0 amide bonds. The second-order valence-electron chi connectivity index (χ2n) is 2.68. The molecular formula is C9H3Cl4FO2. The molecule has 1 aromatic rings. The second-order valence-corrected chi connectivity index (χ2v) is 4.25. The summed E-state index contributed by atoms with van der Waals surface area (Å²) in [5.41, 5.74) is -0.0688. The number of aliphatic carboxylic acids is 1. The molecule has 0 radical (unpaired) electrons. The van der Waals surface area contributed by atoms with Crippen LogP contribution in [0.15, 0.2) is 11.9 Å². The molecule has 0 aliphatic carbocycles. The maximum atomic E-state index is 12.9. The van der Waals surface area contributed by atoms with E-state index in [4.69, 9.17) is 51.5 Å². The van der Waals surface area contributed by atoms with Crippen LogP contribution in [0.2, 0.25) is 20.1 Å². The molecule has 0 spiro atoms. The number of carbonyl (C=O) groups is 1. The molecule has 0 fully saturated rings. The summed E-state index contributed by atoms with van der Waals surface area (Å²) in [5.74, 6) is -3.15. The van der Waals surface area contributed by atoms with Crippen molar-refractivity contribution in [3.8, 4) is 0 Å². The first-order valence-corrected chi connectivity index (χ1v) is 5.29. The molecule has 1 aromatic carbocycles. The van der Waals surface area contributed by atoms with Crippen LogP contribution in [0.5, 0.6) is 0 Å². The lowest BCUT2D eigenvalue weighted by Crippen LogP contribution is -1.95. The van der Waals surface area contributed by atoms with Crippen molar-refractivity contribution in [2.75, 3.05) is 0 Å². The van der Waals surface area contributed by atoms with Crippen molar-refractivity contribution < 1.29 is 14.3 Å². The van der Waals surface area contributed by atoms with Crippen LogP contribution in [0.4, 0.5) is 4.39 Å². The molecule has 7 heteroatoms. The SMILES string of the molecule is O=C(O)C(F)=Cc1c(Cl)c(Cl)cc(Cl)c1Cl. The van der Waals surface area contributed by atoms with Crippen LogP contribution in [0.25, 0.3) is 6.08 Å². The van der Waals surface area contributed by atoms with Gasteiger partial charge < -0.3 is 5.11 Å². The van der Waals surface area contributed by atoms with Crippen molar-refractivity contribution in [2.24, 2.45) is 0 Å². The fourth-order valence-electron chi connectivity index (χ4n) is 0.907. The number of halogens is 5. The minimum Gasteiger partial charge on any atom is -0.476 e. The van der Waals surface area contributed by atoms with Gasteiger partial charge in [0.2, 0.25) is 5.83 Å². The number of benzene rings is 1. The van der Waals surface area contributed by atoms with Crippen LogP contribution in [-0.2, 0) is 4.79 Å². The van der Waals surface area contributed by atoms with Gasteiger partial charge in [0.15, 0.2) is 0 Å². The molecule has 0 aliphatic rings. The third-order valence-corrected chi connectivity index (χ3v) is 3.23. The predicted molar refractivity (Wildman–Crippen MR) is 63.2 cm³/mol. The lowest BCUT2D eigenvalue weighted by Gasteiger charge is -2.06. The fraction of sp³-hybridized carbons (Fsp3) is 0. The lowest BCUT2D eigenvalue weighted by molar-refractivity contribution is -0.134. The first-order valence-electron chi connectivity index (χ1n) is 3.78. The van der Waals surface area contributed by atoms with E-state index in [0.717, 1.165) is 0 Å². The molecule has 0 unspecified atom stereocenters. The Morgan fingerprint density at radius 3 is 2.00 bits per heavy atom. The number of carboxylic acid groups (broad SMARTS) is 1. The number of rotatable bonds is 2. The third-order valence-electron chi connectivity index (χ3n) is 1.62. The molecule has 86 valence electrons. The summed E-state index contributed by atoms with van der Waals surface area (Å²) in [5, 5.41) is 8.36. The van der Waals surface area contributed by atoms with Crippen molar-refractivity contribution in [1.82, 2.24) is 0 Å². The Morgan fingerprint density at radius 1 is 1.19 bits per heavy atom. The van der Waals surface area contributed by atoms with Crippen LogP contribution in [0, 0.1) is 0 Å². The van der Waals surface area contributed by atoms with Gasteiger partial charge in [0.1, 0.15) is 0 Å². The lowest BCUT2D eigenvalue weighted by atomic mass is 10.2. The van der Waals surface area contributed by atoms with Crippen LogP contribution < -0.4 is 0 Å². The van der Waals surface area contributed by atoms with E-state index in [1.54, 1.807) is 0 Å². The molecule has 16 heavy (non-hydrogen) atoms. The standard InChI is InChI=1S/C9H3Cl4FO2/c10-4-2-5(11)8(13)3(7(4)12)1-6(14)9(15)16/h1-2H,(H,15,16). The van der Waals surface area contributed by atoms with E-state index < -0.39 is 11.8 Å². The molecule has 0 atom stereocenters. The molecule has 2 nitrogen and oxygen atoms in total. The highest BCUT2D eigenvalue weighted by molar-refractivity contribution is 6.48. The molecule has 0 saturated heterocycles. The summed E-state index contributed by atoms with van der Waals surface area (Å²) in [6.07, 6.45) is 0.657. The molecule has 0 bridgehead atoms. The van der Waals surface area contributed by atoms with E-state index in [0.29, 0.717) is 6.08 Å². The molecule has 0 aromatic heterocycles. The third kappa shape index (κ3) is 2.80.